The van der Waals surface area contributed by atoms with Gasteiger partial charge in [-0.25, -0.2) is 0 Å². The first-order chi connectivity index (χ1) is 6.70. The van der Waals surface area contributed by atoms with Crippen molar-refractivity contribution < 1.29 is 4.79 Å². The lowest BCUT2D eigenvalue weighted by Gasteiger charge is -2.00. The molecule has 2 aromatic rings. The fraction of sp³-hybridized carbons (Fsp3) is 0. The molecule has 0 aliphatic rings. The number of amides is 1. The summed E-state index contributed by atoms with van der Waals surface area (Å²) in [5, 5.41) is 1.06. The Balaban J connectivity index is 0.00000112. The minimum absolute atomic E-state index is 0. The number of hydrogen-bond donors (Lipinski definition) is 2. The number of benzene rings is 1. The fourth-order valence-corrected chi connectivity index (χ4v) is 1.41. The Bertz CT molecular complexity index is 563. The van der Waals surface area contributed by atoms with Gasteiger partial charge in [-0.05, 0) is 6.07 Å². The molecule has 2 rings (SSSR count). The zero-order chi connectivity index (χ0) is 10.1. The lowest BCUT2D eigenvalue weighted by atomic mass is 10.1. The summed E-state index contributed by atoms with van der Waals surface area (Å²) in [5.41, 5.74) is 5.29. The number of hydrogen-bond acceptors (Lipinski definition) is 2. The predicted molar refractivity (Wildman–Crippen MR) is 60.3 cm³/mol. The number of aromatic nitrogens is 1. The average molecular weight is 225 g/mol. The van der Waals surface area contributed by atoms with Gasteiger partial charge in [0.25, 0.3) is 11.5 Å². The van der Waals surface area contributed by atoms with Crippen molar-refractivity contribution in [2.75, 3.05) is 0 Å². The van der Waals surface area contributed by atoms with Gasteiger partial charge in [0.1, 0.15) is 0 Å². The Kier molecular flexibility index (Phi) is 3.11. The van der Waals surface area contributed by atoms with E-state index in [0.717, 1.165) is 0 Å². The van der Waals surface area contributed by atoms with Gasteiger partial charge in [0.15, 0.2) is 0 Å². The second-order valence-electron chi connectivity index (χ2n) is 2.94. The number of aromatic amines is 1. The van der Waals surface area contributed by atoms with E-state index in [1.54, 1.807) is 24.3 Å². The highest BCUT2D eigenvalue weighted by Gasteiger charge is 2.07. The van der Waals surface area contributed by atoms with Crippen LogP contribution in [0.15, 0.2) is 35.3 Å². The van der Waals surface area contributed by atoms with Gasteiger partial charge in [0, 0.05) is 17.0 Å². The van der Waals surface area contributed by atoms with Crippen LogP contribution in [-0.4, -0.2) is 10.9 Å². The van der Waals surface area contributed by atoms with Crippen molar-refractivity contribution in [3.8, 4) is 0 Å². The minimum atomic E-state index is -0.544. The largest absolute Gasteiger partial charge is 0.366 e. The maximum absolute atomic E-state index is 11.3. The van der Waals surface area contributed by atoms with Gasteiger partial charge in [-0.3, -0.25) is 9.59 Å². The lowest BCUT2D eigenvalue weighted by Crippen LogP contribution is -2.15. The molecule has 0 unspecified atom stereocenters. The summed E-state index contributed by atoms with van der Waals surface area (Å²) in [7, 11) is 0. The van der Waals surface area contributed by atoms with Crippen molar-refractivity contribution in [1.82, 2.24) is 4.98 Å². The number of carbonyl (C=O) groups is 1. The molecule has 0 fully saturated rings. The van der Waals surface area contributed by atoms with Crippen molar-refractivity contribution in [2.24, 2.45) is 5.73 Å². The highest BCUT2D eigenvalue weighted by Crippen LogP contribution is 2.12. The summed E-state index contributed by atoms with van der Waals surface area (Å²) in [5.74, 6) is -0.544. The van der Waals surface area contributed by atoms with Gasteiger partial charge in [-0.1, -0.05) is 18.2 Å². The predicted octanol–water partition coefficient (Wildman–Crippen LogP) is 1.05. The number of fused-ring (bicyclic) bond motifs is 1. The molecule has 0 saturated carbocycles. The number of rotatable bonds is 1. The van der Waals surface area contributed by atoms with Crippen LogP contribution in [0.5, 0.6) is 0 Å². The number of halogens is 1. The molecule has 1 amide bonds. The van der Waals surface area contributed by atoms with E-state index >= 15 is 0 Å². The third-order valence-electron chi connectivity index (χ3n) is 2.07. The zero-order valence-corrected chi connectivity index (χ0v) is 8.51. The lowest BCUT2D eigenvalue weighted by molar-refractivity contribution is 0.100. The molecule has 0 atom stereocenters. The molecule has 78 valence electrons. The van der Waals surface area contributed by atoms with Crippen LogP contribution in [0.1, 0.15) is 10.4 Å². The number of primary amides is 1. The molecule has 0 radical (unpaired) electrons. The molecule has 1 aromatic carbocycles. The molecule has 0 bridgehead atoms. The molecule has 1 aromatic heterocycles. The van der Waals surface area contributed by atoms with Crippen LogP contribution in [0.3, 0.4) is 0 Å². The van der Waals surface area contributed by atoms with E-state index in [4.69, 9.17) is 5.73 Å². The van der Waals surface area contributed by atoms with Crippen LogP contribution in [0, 0.1) is 0 Å². The highest BCUT2D eigenvalue weighted by molar-refractivity contribution is 6.05. The van der Waals surface area contributed by atoms with Crippen LogP contribution in [-0.2, 0) is 0 Å². The number of carbonyl (C=O) groups excluding carboxylic acids is 1. The molecule has 3 N–H and O–H groups in total. The maximum atomic E-state index is 11.3. The molecule has 0 aliphatic heterocycles. The van der Waals surface area contributed by atoms with E-state index in [9.17, 15) is 9.59 Å². The van der Waals surface area contributed by atoms with Crippen molar-refractivity contribution >= 4 is 29.1 Å². The van der Waals surface area contributed by atoms with E-state index in [1.165, 1.54) is 6.20 Å². The summed E-state index contributed by atoms with van der Waals surface area (Å²) in [6.45, 7) is 0. The van der Waals surface area contributed by atoms with E-state index in [0.29, 0.717) is 16.3 Å². The first-order valence-corrected chi connectivity index (χ1v) is 4.10. The van der Waals surface area contributed by atoms with Gasteiger partial charge >= 0.3 is 0 Å². The number of pyridine rings is 1. The topological polar surface area (TPSA) is 76.0 Å². The summed E-state index contributed by atoms with van der Waals surface area (Å²) in [6, 6.07) is 6.85. The van der Waals surface area contributed by atoms with Crippen LogP contribution >= 0.6 is 12.4 Å². The van der Waals surface area contributed by atoms with Crippen molar-refractivity contribution in [3.05, 3.63) is 46.4 Å². The van der Waals surface area contributed by atoms with Crippen LogP contribution in [0.4, 0.5) is 0 Å². The molecule has 0 aliphatic carbocycles. The highest BCUT2D eigenvalue weighted by atomic mass is 35.5. The number of nitrogens with one attached hydrogen (secondary N) is 1. The molecule has 0 saturated heterocycles. The maximum Gasteiger partial charge on any atom is 0.255 e. The second-order valence-corrected chi connectivity index (χ2v) is 2.94. The van der Waals surface area contributed by atoms with Gasteiger partial charge in [-0.2, -0.15) is 0 Å². The van der Waals surface area contributed by atoms with E-state index in [1.807, 2.05) is 0 Å². The summed E-state index contributed by atoms with van der Waals surface area (Å²) in [6.07, 6.45) is 1.34. The molecular formula is C10H9ClN2O2. The Morgan fingerprint density at radius 2 is 1.80 bits per heavy atom. The summed E-state index contributed by atoms with van der Waals surface area (Å²) in [4.78, 5) is 24.8. The molecule has 0 spiro atoms. The Labute approximate surface area is 91.5 Å². The SMILES string of the molecule is Cl.NC(=O)c1c[nH]c(=O)c2ccccc12. The van der Waals surface area contributed by atoms with Crippen LogP contribution in [0.25, 0.3) is 10.8 Å². The van der Waals surface area contributed by atoms with Crippen molar-refractivity contribution in [1.29, 1.82) is 0 Å². The quantitative estimate of drug-likeness (QED) is 0.760. The van der Waals surface area contributed by atoms with Crippen molar-refractivity contribution in [3.63, 3.8) is 0 Å². The Hall–Kier alpha value is -1.81. The molecule has 5 heteroatoms. The van der Waals surface area contributed by atoms with Gasteiger partial charge < -0.3 is 10.7 Å². The normalized spacial score (nSPS) is 9.60. The third kappa shape index (κ3) is 1.85. The molecular weight excluding hydrogens is 216 g/mol. The van der Waals surface area contributed by atoms with Crippen LogP contribution < -0.4 is 11.3 Å². The number of nitrogens with two attached hydrogens (primary N) is 1. The van der Waals surface area contributed by atoms with E-state index in [-0.39, 0.29) is 18.0 Å². The summed E-state index contributed by atoms with van der Waals surface area (Å²) < 4.78 is 0. The van der Waals surface area contributed by atoms with Crippen LogP contribution in [0.2, 0.25) is 0 Å². The Morgan fingerprint density at radius 3 is 2.40 bits per heavy atom. The van der Waals surface area contributed by atoms with E-state index < -0.39 is 5.91 Å². The minimum Gasteiger partial charge on any atom is -0.366 e. The Morgan fingerprint density at radius 1 is 1.20 bits per heavy atom. The summed E-state index contributed by atoms with van der Waals surface area (Å²) >= 11 is 0. The standard InChI is InChI=1S/C10H8N2O2.ClH/c11-9(13)8-5-12-10(14)7-4-2-1-3-6(7)8;/h1-5H,(H2,11,13)(H,12,14);1H. The third-order valence-corrected chi connectivity index (χ3v) is 2.07. The molecule has 1 heterocycles. The molecule has 15 heavy (non-hydrogen) atoms. The van der Waals surface area contributed by atoms with Gasteiger partial charge in [0.05, 0.1) is 5.56 Å². The average Bonchev–Trinajstić information content (AvgIpc) is 2.18. The smallest absolute Gasteiger partial charge is 0.255 e. The van der Waals surface area contributed by atoms with Gasteiger partial charge in [0.2, 0.25) is 0 Å². The fourth-order valence-electron chi connectivity index (χ4n) is 1.41. The van der Waals surface area contributed by atoms with E-state index in [2.05, 4.69) is 4.98 Å². The van der Waals surface area contributed by atoms with Crippen molar-refractivity contribution in [2.45, 2.75) is 0 Å². The zero-order valence-electron chi connectivity index (χ0n) is 7.69. The number of H-pyrrole nitrogens is 1. The molecule has 4 nitrogen and oxygen atoms in total. The van der Waals surface area contributed by atoms with Gasteiger partial charge in [-0.15, -0.1) is 12.4 Å². The first-order valence-electron chi connectivity index (χ1n) is 4.10. The second kappa shape index (κ2) is 4.14. The monoisotopic (exact) mass is 224 g/mol. The first kappa shape index (κ1) is 11.3.